The standard InChI is InChI=1S/C11H17N3O2S/c1-8(17(15,16)13-9-2-3-9)11-12-6-7-14(11)10-4-5-10/h6-10,13H,2-5H2,1H3/t8-/m0/s1. The minimum atomic E-state index is -3.28. The Labute approximate surface area is 101 Å². The van der Waals surface area contributed by atoms with Gasteiger partial charge in [0.2, 0.25) is 10.0 Å². The van der Waals surface area contributed by atoms with E-state index in [1.807, 2.05) is 10.8 Å². The van der Waals surface area contributed by atoms with E-state index in [1.54, 1.807) is 13.1 Å². The SMILES string of the molecule is C[C@@H](c1nccn1C1CC1)S(=O)(=O)NC1CC1. The molecule has 0 spiro atoms. The molecule has 0 saturated heterocycles. The summed E-state index contributed by atoms with van der Waals surface area (Å²) >= 11 is 0. The fourth-order valence-electron chi connectivity index (χ4n) is 1.98. The van der Waals surface area contributed by atoms with Gasteiger partial charge >= 0.3 is 0 Å². The van der Waals surface area contributed by atoms with E-state index in [1.165, 1.54) is 0 Å². The van der Waals surface area contributed by atoms with Crippen LogP contribution in [0.1, 0.15) is 49.7 Å². The number of sulfonamides is 1. The maximum absolute atomic E-state index is 12.1. The average molecular weight is 255 g/mol. The Morgan fingerprint density at radius 2 is 2.12 bits per heavy atom. The van der Waals surface area contributed by atoms with E-state index >= 15 is 0 Å². The summed E-state index contributed by atoms with van der Waals surface area (Å²) in [4.78, 5) is 4.22. The van der Waals surface area contributed by atoms with Crippen LogP contribution in [-0.2, 0) is 10.0 Å². The Balaban J connectivity index is 1.84. The Morgan fingerprint density at radius 3 is 2.71 bits per heavy atom. The summed E-state index contributed by atoms with van der Waals surface area (Å²) < 4.78 is 29.0. The van der Waals surface area contributed by atoms with Gasteiger partial charge in [0, 0.05) is 24.5 Å². The average Bonchev–Trinajstić information content (AvgIpc) is 3.19. The van der Waals surface area contributed by atoms with Crippen molar-refractivity contribution in [3.63, 3.8) is 0 Å². The summed E-state index contributed by atoms with van der Waals surface area (Å²) in [5.74, 6) is 0.667. The molecule has 94 valence electrons. The van der Waals surface area contributed by atoms with Gasteiger partial charge in [-0.05, 0) is 32.6 Å². The van der Waals surface area contributed by atoms with Crippen LogP contribution < -0.4 is 4.72 Å². The maximum atomic E-state index is 12.1. The first kappa shape index (κ1) is 11.2. The lowest BCUT2D eigenvalue weighted by molar-refractivity contribution is 0.561. The highest BCUT2D eigenvalue weighted by molar-refractivity contribution is 7.89. The van der Waals surface area contributed by atoms with Crippen LogP contribution in [0.4, 0.5) is 0 Å². The zero-order valence-electron chi connectivity index (χ0n) is 9.83. The van der Waals surface area contributed by atoms with Crippen LogP contribution >= 0.6 is 0 Å². The molecule has 0 aliphatic heterocycles. The minimum Gasteiger partial charge on any atom is -0.331 e. The summed E-state index contributed by atoms with van der Waals surface area (Å²) in [6.07, 6.45) is 7.76. The number of nitrogens with zero attached hydrogens (tertiary/aromatic N) is 2. The van der Waals surface area contributed by atoms with Gasteiger partial charge in [0.05, 0.1) is 0 Å². The van der Waals surface area contributed by atoms with Crippen molar-refractivity contribution in [3.05, 3.63) is 18.2 Å². The molecule has 2 aliphatic carbocycles. The molecule has 0 bridgehead atoms. The Kier molecular flexibility index (Phi) is 2.52. The van der Waals surface area contributed by atoms with Gasteiger partial charge in [-0.1, -0.05) is 0 Å². The van der Waals surface area contributed by atoms with E-state index in [0.29, 0.717) is 11.9 Å². The lowest BCUT2D eigenvalue weighted by Gasteiger charge is -2.15. The van der Waals surface area contributed by atoms with E-state index < -0.39 is 15.3 Å². The van der Waals surface area contributed by atoms with Crippen LogP contribution in [0.25, 0.3) is 0 Å². The molecule has 1 aromatic heterocycles. The normalized spacial score (nSPS) is 22.6. The molecule has 2 saturated carbocycles. The highest BCUT2D eigenvalue weighted by Crippen LogP contribution is 2.37. The third-order valence-electron chi connectivity index (χ3n) is 3.38. The fourth-order valence-corrected chi connectivity index (χ4v) is 3.34. The number of nitrogens with one attached hydrogen (secondary N) is 1. The lowest BCUT2D eigenvalue weighted by atomic mass is 10.4. The van der Waals surface area contributed by atoms with Gasteiger partial charge < -0.3 is 4.57 Å². The Bertz CT molecular complexity index is 515. The summed E-state index contributed by atoms with van der Waals surface area (Å²) in [7, 11) is -3.28. The van der Waals surface area contributed by atoms with Gasteiger partial charge in [0.1, 0.15) is 11.1 Å². The molecule has 1 aromatic rings. The Hall–Kier alpha value is -0.880. The summed E-state index contributed by atoms with van der Waals surface area (Å²) in [6.45, 7) is 1.71. The highest BCUT2D eigenvalue weighted by atomic mass is 32.2. The van der Waals surface area contributed by atoms with Gasteiger partial charge in [0.15, 0.2) is 0 Å². The lowest BCUT2D eigenvalue weighted by Crippen LogP contribution is -2.31. The smallest absolute Gasteiger partial charge is 0.221 e. The molecule has 1 atom stereocenters. The number of hydrogen-bond acceptors (Lipinski definition) is 3. The van der Waals surface area contributed by atoms with Gasteiger partial charge in [-0.15, -0.1) is 0 Å². The molecule has 3 rings (SSSR count). The summed E-state index contributed by atoms with van der Waals surface area (Å²) in [6, 6.07) is 0.623. The van der Waals surface area contributed by atoms with Crippen LogP contribution in [0.15, 0.2) is 12.4 Å². The van der Waals surface area contributed by atoms with Crippen molar-refractivity contribution < 1.29 is 8.42 Å². The predicted octanol–water partition coefficient (Wildman–Crippen LogP) is 1.36. The number of aromatic nitrogens is 2. The molecule has 0 unspecified atom stereocenters. The molecule has 1 N–H and O–H groups in total. The largest absolute Gasteiger partial charge is 0.331 e. The minimum absolute atomic E-state index is 0.159. The van der Waals surface area contributed by atoms with Crippen LogP contribution in [0.2, 0.25) is 0 Å². The molecule has 0 amide bonds. The topological polar surface area (TPSA) is 64.0 Å². The van der Waals surface area contributed by atoms with E-state index in [9.17, 15) is 8.42 Å². The molecule has 6 heteroatoms. The van der Waals surface area contributed by atoms with Crippen molar-refractivity contribution in [1.82, 2.24) is 14.3 Å². The molecule has 1 heterocycles. The van der Waals surface area contributed by atoms with Gasteiger partial charge in [-0.3, -0.25) is 0 Å². The first-order valence-electron chi connectivity index (χ1n) is 6.12. The summed E-state index contributed by atoms with van der Waals surface area (Å²) in [5, 5.41) is -0.571. The predicted molar refractivity (Wildman–Crippen MR) is 64.0 cm³/mol. The van der Waals surface area contributed by atoms with Crippen molar-refractivity contribution in [1.29, 1.82) is 0 Å². The maximum Gasteiger partial charge on any atom is 0.221 e. The third kappa shape index (κ3) is 2.24. The van der Waals surface area contributed by atoms with Crippen molar-refractivity contribution in [3.8, 4) is 0 Å². The second kappa shape index (κ2) is 3.81. The zero-order valence-corrected chi connectivity index (χ0v) is 10.7. The van der Waals surface area contributed by atoms with Crippen molar-refractivity contribution in [2.75, 3.05) is 0 Å². The molecular weight excluding hydrogens is 238 g/mol. The highest BCUT2D eigenvalue weighted by Gasteiger charge is 2.35. The monoisotopic (exact) mass is 255 g/mol. The van der Waals surface area contributed by atoms with Gasteiger partial charge in [-0.2, -0.15) is 0 Å². The number of hydrogen-bond donors (Lipinski definition) is 1. The first-order valence-corrected chi connectivity index (χ1v) is 7.66. The Morgan fingerprint density at radius 1 is 1.41 bits per heavy atom. The van der Waals surface area contributed by atoms with Crippen molar-refractivity contribution >= 4 is 10.0 Å². The second-order valence-corrected chi connectivity index (χ2v) is 7.04. The zero-order chi connectivity index (χ0) is 12.0. The second-order valence-electron chi connectivity index (χ2n) is 5.00. The van der Waals surface area contributed by atoms with Crippen molar-refractivity contribution in [2.24, 2.45) is 0 Å². The van der Waals surface area contributed by atoms with E-state index in [4.69, 9.17) is 0 Å². The van der Waals surface area contributed by atoms with Crippen LogP contribution in [0, 0.1) is 0 Å². The van der Waals surface area contributed by atoms with Gasteiger partial charge in [0.25, 0.3) is 0 Å². The molecular formula is C11H17N3O2S. The van der Waals surface area contributed by atoms with E-state index in [2.05, 4.69) is 9.71 Å². The third-order valence-corrected chi connectivity index (χ3v) is 5.18. The molecule has 2 aliphatic rings. The van der Waals surface area contributed by atoms with Crippen LogP contribution in [0.5, 0.6) is 0 Å². The van der Waals surface area contributed by atoms with E-state index in [0.717, 1.165) is 25.7 Å². The molecule has 5 nitrogen and oxygen atoms in total. The van der Waals surface area contributed by atoms with Crippen LogP contribution in [-0.4, -0.2) is 24.0 Å². The van der Waals surface area contributed by atoms with Gasteiger partial charge in [-0.25, -0.2) is 18.1 Å². The van der Waals surface area contributed by atoms with E-state index in [-0.39, 0.29) is 6.04 Å². The van der Waals surface area contributed by atoms with Crippen molar-refractivity contribution in [2.45, 2.75) is 49.9 Å². The molecule has 17 heavy (non-hydrogen) atoms. The molecule has 0 aromatic carbocycles. The summed E-state index contributed by atoms with van der Waals surface area (Å²) in [5.41, 5.74) is 0. The molecule has 0 radical (unpaired) electrons. The number of rotatable bonds is 5. The number of imidazole rings is 1. The molecule has 2 fully saturated rings. The quantitative estimate of drug-likeness (QED) is 0.864. The fraction of sp³-hybridized carbons (Fsp3) is 0.727. The first-order chi connectivity index (χ1) is 8.08. The van der Waals surface area contributed by atoms with Crippen LogP contribution in [0.3, 0.4) is 0 Å².